The van der Waals surface area contributed by atoms with Gasteiger partial charge in [-0.2, -0.15) is 0 Å². The molecule has 0 saturated heterocycles. The van der Waals surface area contributed by atoms with Crippen LogP contribution in [0.15, 0.2) is 0 Å². The number of carbonyl (C=O) groups is 4. The fraction of sp³-hybridized carbons (Fsp3) is 0.500. The van der Waals surface area contributed by atoms with E-state index in [0.29, 0.717) is 0 Å². The summed E-state index contributed by atoms with van der Waals surface area (Å²) in [6.07, 6.45) is 0. The predicted octanol–water partition coefficient (Wildman–Crippen LogP) is -1.29. The third-order valence-corrected chi connectivity index (χ3v) is 0. The Balaban J connectivity index is -0.0000000192. The number of aliphatic carboxylic acids is 4. The van der Waals surface area contributed by atoms with Crippen molar-refractivity contribution in [2.24, 2.45) is 0 Å². The Kier molecular flexibility index (Phi) is 81.6. The monoisotopic (exact) mass is 366 g/mol. The van der Waals surface area contributed by atoms with E-state index in [2.05, 4.69) is 0 Å². The number of carboxylic acids is 4. The first kappa shape index (κ1) is 43.1. The Morgan fingerprint density at radius 3 is 0.526 bits per heavy atom. The molecule has 0 rings (SSSR count). The summed E-state index contributed by atoms with van der Waals surface area (Å²) in [5.41, 5.74) is 0. The van der Waals surface area contributed by atoms with E-state index < -0.39 is 23.9 Å². The van der Waals surface area contributed by atoms with Crippen LogP contribution in [0, 0.1) is 0 Å². The van der Waals surface area contributed by atoms with Crippen LogP contribution >= 0.6 is 0 Å². The summed E-state index contributed by atoms with van der Waals surface area (Å²) in [5, 5.41) is 29.7. The van der Waals surface area contributed by atoms with Crippen LogP contribution in [0.1, 0.15) is 27.7 Å². The van der Waals surface area contributed by atoms with Gasteiger partial charge in [-0.1, -0.05) is 0 Å². The maximum absolute atomic E-state index is 9.00. The minimum absolute atomic E-state index is 0. The van der Waals surface area contributed by atoms with Crippen LogP contribution in [0.2, 0.25) is 0 Å². The maximum Gasteiger partial charge on any atom is 0.300 e. The Hall–Kier alpha value is -1.32. The van der Waals surface area contributed by atoms with Gasteiger partial charge < -0.3 is 31.4 Å². The van der Waals surface area contributed by atoms with E-state index in [1.54, 1.807) is 0 Å². The van der Waals surface area contributed by atoms with E-state index in [-0.39, 0.29) is 37.2 Å². The van der Waals surface area contributed by atoms with Crippen molar-refractivity contribution < 1.29 is 76.8 Å². The van der Waals surface area contributed by atoms with Crippen LogP contribution in [-0.2, 0) is 45.4 Å². The van der Waals surface area contributed by atoms with Crippen LogP contribution in [0.25, 0.3) is 0 Å². The summed E-state index contributed by atoms with van der Waals surface area (Å²) in [7, 11) is 0. The number of carboxylic acid groups (broad SMARTS) is 4. The van der Waals surface area contributed by atoms with Gasteiger partial charge in [-0.05, 0) is 0 Å². The molecule has 0 amide bonds. The molecule has 0 spiro atoms. The standard InChI is InChI=1S/4C2H4O2.2H2O.Zr/c4*1-2(3)4;;;/h4*1H3,(H,3,4);2*1H2;. The average molecular weight is 367 g/mol. The molecule has 8 N–H and O–H groups in total. The molecule has 0 bridgehead atoms. The van der Waals surface area contributed by atoms with Crippen LogP contribution in [0.3, 0.4) is 0 Å². The van der Waals surface area contributed by atoms with Crippen molar-refractivity contribution in [3.8, 4) is 0 Å². The number of hydrogen-bond acceptors (Lipinski definition) is 4. The van der Waals surface area contributed by atoms with Gasteiger partial charge in [0.25, 0.3) is 23.9 Å². The van der Waals surface area contributed by atoms with Gasteiger partial charge in [0, 0.05) is 53.9 Å². The Morgan fingerprint density at radius 2 is 0.526 bits per heavy atom. The van der Waals surface area contributed by atoms with Crippen molar-refractivity contribution in [2.75, 3.05) is 0 Å². The molecule has 0 aliphatic carbocycles. The summed E-state index contributed by atoms with van der Waals surface area (Å²) in [6.45, 7) is 4.33. The normalized spacial score (nSPS) is 5.26. The van der Waals surface area contributed by atoms with Gasteiger partial charge in [-0.25, -0.2) is 0 Å². The van der Waals surface area contributed by atoms with Gasteiger partial charge in [-0.15, -0.1) is 0 Å². The average Bonchev–Trinajstić information content (AvgIpc) is 1.76. The van der Waals surface area contributed by atoms with E-state index in [0.717, 1.165) is 27.7 Å². The van der Waals surface area contributed by atoms with E-state index in [9.17, 15) is 0 Å². The molecule has 10 nitrogen and oxygen atoms in total. The molecule has 0 aliphatic rings. The zero-order valence-electron chi connectivity index (χ0n) is 10.9. The topological polar surface area (TPSA) is 212 Å². The molecule has 0 unspecified atom stereocenters. The molecule has 0 atom stereocenters. The fourth-order valence-electron chi connectivity index (χ4n) is 0. The molecule has 0 aromatic heterocycles. The maximum atomic E-state index is 9.00. The van der Waals surface area contributed by atoms with E-state index in [4.69, 9.17) is 39.6 Å². The summed E-state index contributed by atoms with van der Waals surface area (Å²) in [6, 6.07) is 0. The summed E-state index contributed by atoms with van der Waals surface area (Å²) >= 11 is 0. The number of rotatable bonds is 0. The van der Waals surface area contributed by atoms with Gasteiger partial charge in [0.05, 0.1) is 0 Å². The first-order valence-electron chi connectivity index (χ1n) is 3.71. The predicted molar refractivity (Wildman–Crippen MR) is 60.5 cm³/mol. The van der Waals surface area contributed by atoms with E-state index in [1.165, 1.54) is 0 Å². The summed E-state index contributed by atoms with van der Waals surface area (Å²) in [5.74, 6) is -3.33. The van der Waals surface area contributed by atoms with Crippen molar-refractivity contribution in [1.29, 1.82) is 0 Å². The Bertz CT molecular complexity index is 164. The van der Waals surface area contributed by atoms with Crippen LogP contribution < -0.4 is 0 Å². The molecule has 0 radical (unpaired) electrons. The molecule has 0 aromatic carbocycles. The molecular weight excluding hydrogens is 347 g/mol. The molecule has 0 saturated carbocycles. The quantitative estimate of drug-likeness (QED) is 0.403. The van der Waals surface area contributed by atoms with Gasteiger partial charge in [-0.3, -0.25) is 19.2 Å². The van der Waals surface area contributed by atoms with Crippen molar-refractivity contribution in [3.63, 3.8) is 0 Å². The molecule has 116 valence electrons. The summed E-state index contributed by atoms with van der Waals surface area (Å²) < 4.78 is 0. The van der Waals surface area contributed by atoms with Crippen molar-refractivity contribution in [3.05, 3.63) is 0 Å². The van der Waals surface area contributed by atoms with Crippen LogP contribution in [0.5, 0.6) is 0 Å². The van der Waals surface area contributed by atoms with Crippen molar-refractivity contribution in [2.45, 2.75) is 27.7 Å². The first-order chi connectivity index (χ1) is 6.93. The second-order valence-corrected chi connectivity index (χ2v) is 2.08. The van der Waals surface area contributed by atoms with Crippen molar-refractivity contribution in [1.82, 2.24) is 0 Å². The van der Waals surface area contributed by atoms with E-state index >= 15 is 0 Å². The molecule has 11 heteroatoms. The molecular formula is C8H20O10Zr. The second-order valence-electron chi connectivity index (χ2n) is 2.08. The second kappa shape index (κ2) is 36.0. The Labute approximate surface area is 128 Å². The minimum atomic E-state index is -0.833. The fourth-order valence-corrected chi connectivity index (χ4v) is 0. The van der Waals surface area contributed by atoms with Gasteiger partial charge >= 0.3 is 0 Å². The van der Waals surface area contributed by atoms with Gasteiger partial charge in [0.15, 0.2) is 0 Å². The SMILES string of the molecule is CC(=O)O.CC(=O)O.CC(=O)O.CC(=O)O.O.O.[Zr]. The molecule has 19 heavy (non-hydrogen) atoms. The smallest absolute Gasteiger partial charge is 0.300 e. The molecule has 0 fully saturated rings. The third kappa shape index (κ3) is 2070. The van der Waals surface area contributed by atoms with E-state index in [1.807, 2.05) is 0 Å². The largest absolute Gasteiger partial charge is 0.481 e. The molecule has 0 aromatic rings. The molecule has 0 heterocycles. The van der Waals surface area contributed by atoms with Gasteiger partial charge in [0.1, 0.15) is 0 Å². The van der Waals surface area contributed by atoms with Crippen LogP contribution in [0.4, 0.5) is 0 Å². The molecule has 0 aliphatic heterocycles. The Morgan fingerprint density at radius 1 is 0.526 bits per heavy atom. The third-order valence-electron chi connectivity index (χ3n) is 0. The van der Waals surface area contributed by atoms with Crippen molar-refractivity contribution >= 4 is 23.9 Å². The first-order valence-corrected chi connectivity index (χ1v) is 3.71. The zero-order valence-corrected chi connectivity index (χ0v) is 13.4. The van der Waals surface area contributed by atoms with Crippen LogP contribution in [-0.4, -0.2) is 55.3 Å². The number of hydrogen-bond donors (Lipinski definition) is 4. The zero-order chi connectivity index (χ0) is 14.3. The van der Waals surface area contributed by atoms with Gasteiger partial charge in [0.2, 0.25) is 0 Å². The minimum Gasteiger partial charge on any atom is -0.481 e. The summed E-state index contributed by atoms with van der Waals surface area (Å²) in [4.78, 5) is 36.0.